The van der Waals surface area contributed by atoms with Crippen molar-refractivity contribution in [3.05, 3.63) is 63.5 Å². The molecule has 0 aliphatic rings. The lowest BCUT2D eigenvalue weighted by molar-refractivity contribution is 0.818. The minimum Gasteiger partial charge on any atom is -0.328 e. The fourth-order valence-corrected chi connectivity index (χ4v) is 2.55. The zero-order chi connectivity index (χ0) is 12.4. The van der Waals surface area contributed by atoms with Crippen molar-refractivity contribution in [1.82, 2.24) is 14.5 Å². The number of thiophene rings is 1. The van der Waals surface area contributed by atoms with Crippen LogP contribution in [-0.4, -0.2) is 14.5 Å². The van der Waals surface area contributed by atoms with Crippen LogP contribution in [0.5, 0.6) is 0 Å². The van der Waals surface area contributed by atoms with E-state index >= 15 is 0 Å². The van der Waals surface area contributed by atoms with Gasteiger partial charge in [0.05, 0.1) is 12.1 Å². The van der Waals surface area contributed by atoms with Gasteiger partial charge in [-0.1, -0.05) is 6.07 Å². The number of H-pyrrole nitrogens is 1. The first kappa shape index (κ1) is 11.0. The summed E-state index contributed by atoms with van der Waals surface area (Å²) in [6, 6.07) is 7.68. The van der Waals surface area contributed by atoms with Gasteiger partial charge in [-0.15, -0.1) is 11.3 Å². The zero-order valence-corrected chi connectivity index (χ0v) is 10.4. The standard InChI is InChI=1S/C13H11N3OS/c17-13-11(4-1-5-15-13)12-14-6-7-16(12)9-10-3-2-8-18-10/h1-8H,9H2,(H,15,17). The molecule has 3 aromatic rings. The second-order valence-corrected chi connectivity index (χ2v) is 4.90. The van der Waals surface area contributed by atoms with E-state index in [4.69, 9.17) is 0 Å². The first-order valence-corrected chi connectivity index (χ1v) is 6.44. The van der Waals surface area contributed by atoms with Crippen LogP contribution in [-0.2, 0) is 6.54 Å². The van der Waals surface area contributed by atoms with Gasteiger partial charge in [0.15, 0.2) is 0 Å². The monoisotopic (exact) mass is 257 g/mol. The van der Waals surface area contributed by atoms with Gasteiger partial charge in [0.1, 0.15) is 5.82 Å². The van der Waals surface area contributed by atoms with Crippen LogP contribution in [0.25, 0.3) is 11.4 Å². The van der Waals surface area contributed by atoms with Gasteiger partial charge in [-0.05, 0) is 23.6 Å². The van der Waals surface area contributed by atoms with Gasteiger partial charge in [-0.2, -0.15) is 0 Å². The number of aromatic nitrogens is 3. The van der Waals surface area contributed by atoms with E-state index in [1.54, 1.807) is 35.9 Å². The largest absolute Gasteiger partial charge is 0.328 e. The molecule has 3 heterocycles. The molecule has 3 rings (SSSR count). The highest BCUT2D eigenvalue weighted by molar-refractivity contribution is 7.09. The molecule has 0 spiro atoms. The molecule has 0 aromatic carbocycles. The lowest BCUT2D eigenvalue weighted by Crippen LogP contribution is -2.11. The number of rotatable bonds is 3. The Bertz CT molecular complexity index is 697. The van der Waals surface area contributed by atoms with Crippen LogP contribution < -0.4 is 5.56 Å². The number of hydrogen-bond donors (Lipinski definition) is 1. The first-order valence-electron chi connectivity index (χ1n) is 5.56. The average molecular weight is 257 g/mol. The third-order valence-electron chi connectivity index (χ3n) is 2.68. The van der Waals surface area contributed by atoms with Crippen molar-refractivity contribution in [1.29, 1.82) is 0 Å². The maximum absolute atomic E-state index is 11.8. The van der Waals surface area contributed by atoms with Crippen molar-refractivity contribution in [3.8, 4) is 11.4 Å². The van der Waals surface area contributed by atoms with Crippen LogP contribution in [0, 0.1) is 0 Å². The molecule has 0 atom stereocenters. The zero-order valence-electron chi connectivity index (χ0n) is 9.54. The smallest absolute Gasteiger partial charge is 0.258 e. The Labute approximate surface area is 108 Å². The van der Waals surface area contributed by atoms with Crippen LogP contribution in [0.4, 0.5) is 0 Å². The van der Waals surface area contributed by atoms with Crippen LogP contribution in [0.1, 0.15) is 4.88 Å². The molecule has 0 aliphatic heterocycles. The Morgan fingerprint density at radius 3 is 3.06 bits per heavy atom. The molecule has 0 amide bonds. The van der Waals surface area contributed by atoms with Crippen LogP contribution in [0.3, 0.4) is 0 Å². The lowest BCUT2D eigenvalue weighted by Gasteiger charge is -2.05. The topological polar surface area (TPSA) is 50.7 Å². The highest BCUT2D eigenvalue weighted by Crippen LogP contribution is 2.16. The lowest BCUT2D eigenvalue weighted by atomic mass is 10.2. The Morgan fingerprint density at radius 1 is 1.33 bits per heavy atom. The summed E-state index contributed by atoms with van der Waals surface area (Å²) < 4.78 is 1.98. The summed E-state index contributed by atoms with van der Waals surface area (Å²) in [5.41, 5.74) is 0.482. The highest BCUT2D eigenvalue weighted by Gasteiger charge is 2.09. The van der Waals surface area contributed by atoms with Gasteiger partial charge in [-0.3, -0.25) is 4.79 Å². The molecule has 0 bridgehead atoms. The first-order chi connectivity index (χ1) is 8.84. The molecule has 0 fully saturated rings. The summed E-state index contributed by atoms with van der Waals surface area (Å²) in [6.45, 7) is 0.737. The molecule has 1 N–H and O–H groups in total. The minimum atomic E-state index is -0.115. The molecular formula is C13H11N3OS. The quantitative estimate of drug-likeness (QED) is 0.783. The number of nitrogens with zero attached hydrogens (tertiary/aromatic N) is 2. The Hall–Kier alpha value is -2.14. The summed E-state index contributed by atoms with van der Waals surface area (Å²) in [5, 5.41) is 2.04. The predicted molar refractivity (Wildman–Crippen MR) is 71.7 cm³/mol. The number of imidazole rings is 1. The van der Waals surface area contributed by atoms with Crippen molar-refractivity contribution >= 4 is 11.3 Å². The summed E-state index contributed by atoms with van der Waals surface area (Å²) in [7, 11) is 0. The second-order valence-electron chi connectivity index (χ2n) is 3.87. The van der Waals surface area contributed by atoms with Crippen LogP contribution in [0.15, 0.2) is 53.0 Å². The van der Waals surface area contributed by atoms with Gasteiger partial charge in [-0.25, -0.2) is 4.98 Å². The highest BCUT2D eigenvalue weighted by atomic mass is 32.1. The van der Waals surface area contributed by atoms with E-state index in [2.05, 4.69) is 16.0 Å². The molecule has 0 saturated carbocycles. The molecule has 90 valence electrons. The fourth-order valence-electron chi connectivity index (χ4n) is 1.85. The molecule has 0 saturated heterocycles. The van der Waals surface area contributed by atoms with Gasteiger partial charge in [0.2, 0.25) is 0 Å². The summed E-state index contributed by atoms with van der Waals surface area (Å²) in [4.78, 5) is 19.9. The number of hydrogen-bond acceptors (Lipinski definition) is 3. The molecule has 0 aliphatic carbocycles. The van der Waals surface area contributed by atoms with Crippen molar-refractivity contribution in [2.75, 3.05) is 0 Å². The molecule has 4 nitrogen and oxygen atoms in total. The van der Waals surface area contributed by atoms with Crippen LogP contribution in [0.2, 0.25) is 0 Å². The molecule has 0 radical (unpaired) electrons. The Kier molecular flexibility index (Phi) is 2.82. The van der Waals surface area contributed by atoms with Crippen molar-refractivity contribution in [2.24, 2.45) is 0 Å². The minimum absolute atomic E-state index is 0.115. The van der Waals surface area contributed by atoms with E-state index in [-0.39, 0.29) is 5.56 Å². The van der Waals surface area contributed by atoms with Gasteiger partial charge < -0.3 is 9.55 Å². The average Bonchev–Trinajstić information content (AvgIpc) is 3.02. The number of nitrogens with one attached hydrogen (secondary N) is 1. The van der Waals surface area contributed by atoms with E-state index in [1.807, 2.05) is 22.2 Å². The van der Waals surface area contributed by atoms with Gasteiger partial charge in [0, 0.05) is 23.5 Å². The Balaban J connectivity index is 2.02. The number of aromatic amines is 1. The van der Waals surface area contributed by atoms with Crippen molar-refractivity contribution in [3.63, 3.8) is 0 Å². The SMILES string of the molecule is O=c1[nH]cccc1-c1nccn1Cc1cccs1. The summed E-state index contributed by atoms with van der Waals surface area (Å²) in [5.74, 6) is 0.699. The third-order valence-corrected chi connectivity index (χ3v) is 3.54. The van der Waals surface area contributed by atoms with Crippen molar-refractivity contribution in [2.45, 2.75) is 6.54 Å². The van der Waals surface area contributed by atoms with Gasteiger partial charge >= 0.3 is 0 Å². The molecule has 3 aromatic heterocycles. The van der Waals surface area contributed by atoms with Crippen molar-refractivity contribution < 1.29 is 0 Å². The van der Waals surface area contributed by atoms with E-state index < -0.39 is 0 Å². The van der Waals surface area contributed by atoms with E-state index in [0.29, 0.717) is 11.4 Å². The number of pyridine rings is 1. The molecule has 18 heavy (non-hydrogen) atoms. The maximum atomic E-state index is 11.8. The summed E-state index contributed by atoms with van der Waals surface area (Å²) in [6.07, 6.45) is 5.23. The molecular weight excluding hydrogens is 246 g/mol. The van der Waals surface area contributed by atoms with Crippen LogP contribution >= 0.6 is 11.3 Å². The predicted octanol–water partition coefficient (Wildman–Crippen LogP) is 2.35. The second kappa shape index (κ2) is 4.62. The van der Waals surface area contributed by atoms with E-state index in [0.717, 1.165) is 6.54 Å². The van der Waals surface area contributed by atoms with Gasteiger partial charge in [0.25, 0.3) is 5.56 Å². The van der Waals surface area contributed by atoms with E-state index in [9.17, 15) is 4.79 Å². The fraction of sp³-hybridized carbons (Fsp3) is 0.0769. The maximum Gasteiger partial charge on any atom is 0.258 e. The Morgan fingerprint density at radius 2 is 2.28 bits per heavy atom. The summed E-state index contributed by atoms with van der Waals surface area (Å²) >= 11 is 1.69. The third kappa shape index (κ3) is 2.00. The normalized spacial score (nSPS) is 10.7. The molecule has 0 unspecified atom stereocenters. The van der Waals surface area contributed by atoms with E-state index in [1.165, 1.54) is 4.88 Å². The molecule has 5 heteroatoms.